The van der Waals surface area contributed by atoms with Gasteiger partial charge >= 0.3 is 0 Å². The number of nitrogens with zero attached hydrogens (tertiary/aromatic N) is 3. The number of hydrogen-bond donors (Lipinski definition) is 1. The molecule has 0 spiro atoms. The van der Waals surface area contributed by atoms with E-state index in [0.717, 1.165) is 22.4 Å². The van der Waals surface area contributed by atoms with Crippen molar-refractivity contribution in [1.82, 2.24) is 20.1 Å². The lowest BCUT2D eigenvalue weighted by Gasteiger charge is -2.13. The van der Waals surface area contributed by atoms with E-state index in [9.17, 15) is 4.79 Å². The second-order valence-electron chi connectivity index (χ2n) is 5.93. The molecular formula is C19H22N4OS2. The minimum Gasteiger partial charge on any atom is -0.355 e. The summed E-state index contributed by atoms with van der Waals surface area (Å²) in [5, 5.41) is 14.4. The zero-order valence-corrected chi connectivity index (χ0v) is 16.5. The Balaban J connectivity index is 1.53. The number of thioether (sulfide) groups is 1. The van der Waals surface area contributed by atoms with E-state index in [1.165, 1.54) is 17.3 Å². The first-order chi connectivity index (χ1) is 12.7. The second-order valence-corrected chi connectivity index (χ2v) is 7.82. The van der Waals surface area contributed by atoms with Gasteiger partial charge in [-0.25, -0.2) is 0 Å². The number of amides is 1. The fourth-order valence-corrected chi connectivity index (χ4v) is 4.17. The summed E-state index contributed by atoms with van der Waals surface area (Å²) in [6, 6.07) is 14.2. The Labute approximate surface area is 161 Å². The molecule has 3 rings (SSSR count). The molecule has 5 nitrogen and oxygen atoms in total. The molecule has 2 aromatic heterocycles. The van der Waals surface area contributed by atoms with Crippen LogP contribution in [-0.4, -0.2) is 33.0 Å². The van der Waals surface area contributed by atoms with E-state index in [-0.39, 0.29) is 11.8 Å². The van der Waals surface area contributed by atoms with Crippen LogP contribution in [0.2, 0.25) is 0 Å². The maximum absolute atomic E-state index is 12.2. The van der Waals surface area contributed by atoms with E-state index in [4.69, 9.17) is 0 Å². The van der Waals surface area contributed by atoms with E-state index >= 15 is 0 Å². The van der Waals surface area contributed by atoms with E-state index in [1.807, 2.05) is 35.7 Å². The zero-order valence-electron chi connectivity index (χ0n) is 14.9. The molecule has 1 aromatic carbocycles. The lowest BCUT2D eigenvalue weighted by Crippen LogP contribution is -2.29. The summed E-state index contributed by atoms with van der Waals surface area (Å²) in [7, 11) is 0. The average molecular weight is 387 g/mol. The standard InChI is InChI=1S/C19H22N4OS2/c1-3-23-18(16-10-7-11-25-16)21-22-19(23)26-13-17(24)20-12-14(2)15-8-5-4-6-9-15/h4-11,14H,3,12-13H2,1-2H3,(H,20,24)/t14-/m0/s1. The highest BCUT2D eigenvalue weighted by Gasteiger charge is 2.15. The van der Waals surface area contributed by atoms with Gasteiger partial charge in [-0.1, -0.05) is 55.1 Å². The van der Waals surface area contributed by atoms with Crippen molar-refractivity contribution in [3.05, 3.63) is 53.4 Å². The smallest absolute Gasteiger partial charge is 0.230 e. The molecular weight excluding hydrogens is 364 g/mol. The minimum atomic E-state index is 0.0149. The van der Waals surface area contributed by atoms with Crippen LogP contribution < -0.4 is 5.32 Å². The lowest BCUT2D eigenvalue weighted by molar-refractivity contribution is -0.118. The Morgan fingerprint density at radius 3 is 2.73 bits per heavy atom. The van der Waals surface area contributed by atoms with Crippen molar-refractivity contribution in [2.24, 2.45) is 0 Å². The Morgan fingerprint density at radius 1 is 1.23 bits per heavy atom. The third-order valence-corrected chi connectivity index (χ3v) is 5.91. The van der Waals surface area contributed by atoms with Crippen LogP contribution in [0, 0.1) is 0 Å². The Kier molecular flexibility index (Phi) is 6.46. The van der Waals surface area contributed by atoms with Crippen molar-refractivity contribution in [3.63, 3.8) is 0 Å². The third kappa shape index (κ3) is 4.53. The summed E-state index contributed by atoms with van der Waals surface area (Å²) in [6.07, 6.45) is 0. The molecule has 2 heterocycles. The summed E-state index contributed by atoms with van der Waals surface area (Å²) in [4.78, 5) is 13.3. The van der Waals surface area contributed by atoms with Gasteiger partial charge in [0.05, 0.1) is 10.6 Å². The van der Waals surface area contributed by atoms with Crippen LogP contribution in [0.3, 0.4) is 0 Å². The first kappa shape index (κ1) is 18.7. The summed E-state index contributed by atoms with van der Waals surface area (Å²) >= 11 is 3.07. The van der Waals surface area contributed by atoms with Crippen LogP contribution in [0.5, 0.6) is 0 Å². The molecule has 0 saturated heterocycles. The zero-order chi connectivity index (χ0) is 18.4. The number of benzene rings is 1. The minimum absolute atomic E-state index is 0.0149. The van der Waals surface area contributed by atoms with Gasteiger partial charge < -0.3 is 9.88 Å². The predicted octanol–water partition coefficient (Wildman–Crippen LogP) is 4.04. The molecule has 0 fully saturated rings. The molecule has 0 saturated carbocycles. The monoisotopic (exact) mass is 386 g/mol. The third-order valence-electron chi connectivity index (χ3n) is 4.08. The van der Waals surface area contributed by atoms with Gasteiger partial charge in [-0.05, 0) is 29.9 Å². The lowest BCUT2D eigenvalue weighted by atomic mass is 10.0. The molecule has 0 radical (unpaired) electrons. The fraction of sp³-hybridized carbons (Fsp3) is 0.316. The van der Waals surface area contributed by atoms with Gasteiger partial charge in [-0.2, -0.15) is 0 Å². The van der Waals surface area contributed by atoms with Crippen molar-refractivity contribution in [3.8, 4) is 10.7 Å². The van der Waals surface area contributed by atoms with Gasteiger partial charge in [0.15, 0.2) is 11.0 Å². The number of thiophene rings is 1. The first-order valence-corrected chi connectivity index (χ1v) is 10.5. The van der Waals surface area contributed by atoms with Crippen LogP contribution in [0.15, 0.2) is 53.0 Å². The van der Waals surface area contributed by atoms with Crippen LogP contribution in [-0.2, 0) is 11.3 Å². The predicted molar refractivity (Wildman–Crippen MR) is 108 cm³/mol. The SMILES string of the molecule is CCn1c(SCC(=O)NC[C@H](C)c2ccccc2)nnc1-c1cccs1. The summed E-state index contributed by atoms with van der Waals surface area (Å²) in [6.45, 7) is 5.58. The molecule has 3 aromatic rings. The number of nitrogens with one attached hydrogen (secondary N) is 1. The molecule has 7 heteroatoms. The number of carbonyl (C=O) groups is 1. The fourth-order valence-electron chi connectivity index (χ4n) is 2.62. The Bertz CT molecular complexity index is 831. The Morgan fingerprint density at radius 2 is 2.04 bits per heavy atom. The molecule has 0 aliphatic rings. The maximum atomic E-state index is 12.2. The summed E-state index contributed by atoms with van der Waals surface area (Å²) in [5.41, 5.74) is 1.23. The van der Waals surface area contributed by atoms with Gasteiger partial charge in [0, 0.05) is 13.1 Å². The Hall–Kier alpha value is -2.12. The molecule has 1 amide bonds. The molecule has 26 heavy (non-hydrogen) atoms. The molecule has 0 aliphatic heterocycles. The van der Waals surface area contributed by atoms with Crippen molar-refractivity contribution < 1.29 is 4.79 Å². The molecule has 0 unspecified atom stereocenters. The molecule has 0 aliphatic carbocycles. The number of rotatable bonds is 8. The van der Waals surface area contributed by atoms with E-state index in [1.54, 1.807) is 11.3 Å². The summed E-state index contributed by atoms with van der Waals surface area (Å²) in [5.74, 6) is 1.50. The second kappa shape index (κ2) is 9.00. The van der Waals surface area contributed by atoms with Crippen molar-refractivity contribution >= 4 is 29.0 Å². The highest BCUT2D eigenvalue weighted by Crippen LogP contribution is 2.27. The van der Waals surface area contributed by atoms with Crippen molar-refractivity contribution in [1.29, 1.82) is 0 Å². The number of aromatic nitrogens is 3. The highest BCUT2D eigenvalue weighted by atomic mass is 32.2. The van der Waals surface area contributed by atoms with Crippen molar-refractivity contribution in [2.75, 3.05) is 12.3 Å². The van der Waals surface area contributed by atoms with Gasteiger partial charge in [-0.15, -0.1) is 21.5 Å². The van der Waals surface area contributed by atoms with E-state index in [0.29, 0.717) is 12.3 Å². The quantitative estimate of drug-likeness (QED) is 0.594. The maximum Gasteiger partial charge on any atom is 0.230 e. The normalized spacial score (nSPS) is 12.1. The average Bonchev–Trinajstić information content (AvgIpc) is 3.34. The number of carbonyl (C=O) groups excluding carboxylic acids is 1. The molecule has 1 atom stereocenters. The van der Waals surface area contributed by atoms with Crippen molar-refractivity contribution in [2.45, 2.75) is 31.5 Å². The summed E-state index contributed by atoms with van der Waals surface area (Å²) < 4.78 is 2.05. The molecule has 1 N–H and O–H groups in total. The largest absolute Gasteiger partial charge is 0.355 e. The topological polar surface area (TPSA) is 59.8 Å². The number of hydrogen-bond acceptors (Lipinski definition) is 5. The van der Waals surface area contributed by atoms with Gasteiger partial charge in [0.2, 0.25) is 5.91 Å². The van der Waals surface area contributed by atoms with Crippen LogP contribution in [0.4, 0.5) is 0 Å². The van der Waals surface area contributed by atoms with Crippen LogP contribution in [0.25, 0.3) is 10.7 Å². The first-order valence-electron chi connectivity index (χ1n) is 8.60. The van der Waals surface area contributed by atoms with Crippen LogP contribution >= 0.6 is 23.1 Å². The molecule has 0 bridgehead atoms. The van der Waals surface area contributed by atoms with Crippen LogP contribution in [0.1, 0.15) is 25.3 Å². The molecule has 136 valence electrons. The van der Waals surface area contributed by atoms with Gasteiger partial charge in [0.1, 0.15) is 0 Å². The van der Waals surface area contributed by atoms with Gasteiger partial charge in [-0.3, -0.25) is 4.79 Å². The van der Waals surface area contributed by atoms with Gasteiger partial charge in [0.25, 0.3) is 0 Å². The van der Waals surface area contributed by atoms with E-state index < -0.39 is 0 Å². The highest BCUT2D eigenvalue weighted by molar-refractivity contribution is 7.99. The van der Waals surface area contributed by atoms with E-state index in [2.05, 4.69) is 46.1 Å².